The maximum absolute atomic E-state index is 11.6. The molecule has 2 heterocycles. The van der Waals surface area contributed by atoms with E-state index in [0.717, 1.165) is 22.2 Å². The number of furan rings is 1. The molecule has 24 heavy (non-hydrogen) atoms. The molecule has 0 unspecified atom stereocenters. The lowest BCUT2D eigenvalue weighted by Crippen LogP contribution is -2.18. The number of fused-ring (bicyclic) bond motifs is 2. The Morgan fingerprint density at radius 3 is 2.71 bits per heavy atom. The van der Waals surface area contributed by atoms with Crippen molar-refractivity contribution in [3.63, 3.8) is 0 Å². The summed E-state index contributed by atoms with van der Waals surface area (Å²) in [6, 6.07) is 13.2. The zero-order chi connectivity index (χ0) is 16.7. The smallest absolute Gasteiger partial charge is 0.307 e. The SMILES string of the molecule is O=C(O)Cc1c(-c2ccccc2)oc2cc3c(cc12)CCC(=O)N3. The van der Waals surface area contributed by atoms with E-state index in [1.807, 2.05) is 36.4 Å². The molecular weight excluding hydrogens is 306 g/mol. The Labute approximate surface area is 137 Å². The number of carboxylic acids is 1. The van der Waals surface area contributed by atoms with Gasteiger partial charge in [0.25, 0.3) is 0 Å². The summed E-state index contributed by atoms with van der Waals surface area (Å²) in [5.41, 5.74) is 3.85. The van der Waals surface area contributed by atoms with Gasteiger partial charge in [0, 0.05) is 34.7 Å². The molecule has 0 saturated heterocycles. The van der Waals surface area contributed by atoms with Crippen LogP contribution in [0.25, 0.3) is 22.3 Å². The fourth-order valence-corrected chi connectivity index (χ4v) is 3.17. The molecule has 5 nitrogen and oxygen atoms in total. The number of amides is 1. The number of aryl methyl sites for hydroxylation is 1. The van der Waals surface area contributed by atoms with Gasteiger partial charge in [-0.05, 0) is 18.1 Å². The zero-order valence-corrected chi connectivity index (χ0v) is 12.8. The van der Waals surface area contributed by atoms with Gasteiger partial charge in [-0.1, -0.05) is 30.3 Å². The number of anilines is 1. The topological polar surface area (TPSA) is 79.5 Å². The highest BCUT2D eigenvalue weighted by molar-refractivity contribution is 5.99. The molecular formula is C19H15NO4. The van der Waals surface area contributed by atoms with Crippen molar-refractivity contribution in [3.05, 3.63) is 53.6 Å². The summed E-state index contributed by atoms with van der Waals surface area (Å²) in [5, 5.41) is 12.9. The van der Waals surface area contributed by atoms with E-state index in [1.165, 1.54) is 0 Å². The van der Waals surface area contributed by atoms with Crippen LogP contribution in [0.2, 0.25) is 0 Å². The van der Waals surface area contributed by atoms with E-state index >= 15 is 0 Å². The number of hydrogen-bond acceptors (Lipinski definition) is 3. The van der Waals surface area contributed by atoms with Gasteiger partial charge < -0.3 is 14.8 Å². The highest BCUT2D eigenvalue weighted by Crippen LogP contribution is 2.37. The van der Waals surface area contributed by atoms with Crippen LogP contribution in [-0.4, -0.2) is 17.0 Å². The lowest BCUT2D eigenvalue weighted by molar-refractivity contribution is -0.136. The van der Waals surface area contributed by atoms with Crippen LogP contribution < -0.4 is 5.32 Å². The van der Waals surface area contributed by atoms with Gasteiger partial charge in [-0.3, -0.25) is 9.59 Å². The molecule has 0 fully saturated rings. The summed E-state index contributed by atoms with van der Waals surface area (Å²) in [5.74, 6) is -0.343. The first kappa shape index (κ1) is 14.5. The third-order valence-electron chi connectivity index (χ3n) is 4.28. The third-order valence-corrected chi connectivity index (χ3v) is 4.28. The second-order valence-corrected chi connectivity index (χ2v) is 5.90. The summed E-state index contributed by atoms with van der Waals surface area (Å²) < 4.78 is 5.97. The van der Waals surface area contributed by atoms with Crippen LogP contribution >= 0.6 is 0 Å². The van der Waals surface area contributed by atoms with Crippen molar-refractivity contribution < 1.29 is 19.1 Å². The average Bonchev–Trinajstić information content (AvgIpc) is 2.90. The number of carbonyl (C=O) groups is 2. The predicted molar refractivity (Wildman–Crippen MR) is 89.9 cm³/mol. The van der Waals surface area contributed by atoms with Crippen molar-refractivity contribution in [2.75, 3.05) is 5.32 Å². The fourth-order valence-electron chi connectivity index (χ4n) is 3.17. The van der Waals surface area contributed by atoms with Gasteiger partial charge in [0.1, 0.15) is 11.3 Å². The van der Waals surface area contributed by atoms with Crippen molar-refractivity contribution >= 4 is 28.5 Å². The van der Waals surface area contributed by atoms with E-state index < -0.39 is 5.97 Å². The normalized spacial score (nSPS) is 13.6. The fraction of sp³-hybridized carbons (Fsp3) is 0.158. The Hall–Kier alpha value is -3.08. The third kappa shape index (κ3) is 2.44. The monoisotopic (exact) mass is 321 g/mol. The summed E-state index contributed by atoms with van der Waals surface area (Å²) in [7, 11) is 0. The molecule has 0 aliphatic carbocycles. The molecule has 0 atom stereocenters. The molecule has 5 heteroatoms. The van der Waals surface area contributed by atoms with E-state index in [9.17, 15) is 14.7 Å². The van der Waals surface area contributed by atoms with Gasteiger partial charge in [-0.25, -0.2) is 0 Å². The van der Waals surface area contributed by atoms with Gasteiger partial charge in [-0.15, -0.1) is 0 Å². The zero-order valence-electron chi connectivity index (χ0n) is 12.8. The van der Waals surface area contributed by atoms with Crippen molar-refractivity contribution in [3.8, 4) is 11.3 Å². The maximum Gasteiger partial charge on any atom is 0.307 e. The van der Waals surface area contributed by atoms with Crippen LogP contribution in [0.1, 0.15) is 17.5 Å². The number of carbonyl (C=O) groups excluding carboxylic acids is 1. The molecule has 2 N–H and O–H groups in total. The van der Waals surface area contributed by atoms with Crippen molar-refractivity contribution in [2.24, 2.45) is 0 Å². The molecule has 0 radical (unpaired) electrons. The molecule has 1 aliphatic heterocycles. The Bertz CT molecular complexity index is 956. The molecule has 0 saturated carbocycles. The minimum Gasteiger partial charge on any atom is -0.481 e. The minimum atomic E-state index is -0.902. The first-order valence-electron chi connectivity index (χ1n) is 7.77. The van der Waals surface area contributed by atoms with E-state index in [-0.39, 0.29) is 12.3 Å². The van der Waals surface area contributed by atoms with Gasteiger partial charge in [0.05, 0.1) is 6.42 Å². The van der Waals surface area contributed by atoms with Crippen LogP contribution in [-0.2, 0) is 22.4 Å². The van der Waals surface area contributed by atoms with E-state index in [1.54, 1.807) is 6.07 Å². The summed E-state index contributed by atoms with van der Waals surface area (Å²) >= 11 is 0. The molecule has 0 bridgehead atoms. The summed E-state index contributed by atoms with van der Waals surface area (Å²) in [6.45, 7) is 0. The van der Waals surface area contributed by atoms with Crippen LogP contribution in [0.5, 0.6) is 0 Å². The molecule has 2 aromatic carbocycles. The van der Waals surface area contributed by atoms with Gasteiger partial charge in [-0.2, -0.15) is 0 Å². The molecule has 0 spiro atoms. The Morgan fingerprint density at radius 2 is 1.96 bits per heavy atom. The highest BCUT2D eigenvalue weighted by Gasteiger charge is 2.22. The van der Waals surface area contributed by atoms with E-state index in [0.29, 0.717) is 29.7 Å². The van der Waals surface area contributed by atoms with Gasteiger partial charge in [0.2, 0.25) is 5.91 Å². The quantitative estimate of drug-likeness (QED) is 0.772. The van der Waals surface area contributed by atoms with E-state index in [2.05, 4.69) is 5.32 Å². The second-order valence-electron chi connectivity index (χ2n) is 5.90. The molecule has 1 aliphatic rings. The van der Waals surface area contributed by atoms with Gasteiger partial charge in [0.15, 0.2) is 0 Å². The molecule has 1 amide bonds. The number of benzene rings is 2. The first-order valence-corrected chi connectivity index (χ1v) is 7.77. The Balaban J connectivity index is 1.95. The van der Waals surface area contributed by atoms with Crippen LogP contribution in [0, 0.1) is 0 Å². The number of nitrogens with one attached hydrogen (secondary N) is 1. The largest absolute Gasteiger partial charge is 0.481 e. The van der Waals surface area contributed by atoms with Gasteiger partial charge >= 0.3 is 5.97 Å². The maximum atomic E-state index is 11.6. The summed E-state index contributed by atoms with van der Waals surface area (Å²) in [4.78, 5) is 22.9. The Morgan fingerprint density at radius 1 is 1.17 bits per heavy atom. The number of rotatable bonds is 3. The first-order chi connectivity index (χ1) is 11.6. The minimum absolute atomic E-state index is 0.0116. The highest BCUT2D eigenvalue weighted by atomic mass is 16.4. The second kappa shape index (κ2) is 5.53. The van der Waals surface area contributed by atoms with Crippen molar-refractivity contribution in [2.45, 2.75) is 19.3 Å². The standard InChI is InChI=1S/C19H15NO4/c21-17-7-6-12-8-13-14(9-18(22)23)19(11-4-2-1-3-5-11)24-16(13)10-15(12)20-17/h1-5,8,10H,6-7,9H2,(H,20,21)(H,22,23). The lowest BCUT2D eigenvalue weighted by atomic mass is 9.97. The van der Waals surface area contributed by atoms with Crippen LogP contribution in [0.4, 0.5) is 5.69 Å². The molecule has 1 aromatic heterocycles. The number of carboxylic acid groups (broad SMARTS) is 1. The Kier molecular flexibility index (Phi) is 3.34. The van der Waals surface area contributed by atoms with Crippen LogP contribution in [0.3, 0.4) is 0 Å². The number of aliphatic carboxylic acids is 1. The number of hydrogen-bond donors (Lipinski definition) is 2. The lowest BCUT2D eigenvalue weighted by Gasteiger charge is -2.16. The van der Waals surface area contributed by atoms with Crippen molar-refractivity contribution in [1.29, 1.82) is 0 Å². The molecule has 4 rings (SSSR count). The summed E-state index contributed by atoms with van der Waals surface area (Å²) in [6.07, 6.45) is 0.980. The molecule has 120 valence electrons. The van der Waals surface area contributed by atoms with Crippen molar-refractivity contribution in [1.82, 2.24) is 0 Å². The molecule has 3 aromatic rings. The predicted octanol–water partition coefficient (Wildman–Crippen LogP) is 3.61. The average molecular weight is 321 g/mol. The van der Waals surface area contributed by atoms with Crippen LogP contribution in [0.15, 0.2) is 46.9 Å². The van der Waals surface area contributed by atoms with E-state index in [4.69, 9.17) is 4.42 Å².